The van der Waals surface area contributed by atoms with E-state index in [9.17, 15) is 16.8 Å². The van der Waals surface area contributed by atoms with Crippen molar-refractivity contribution in [1.82, 2.24) is 9.62 Å². The number of likely N-dealkylation sites (N-methyl/N-ethyl adjacent to an activating group) is 1. The quantitative estimate of drug-likeness (QED) is 0.666. The Kier molecular flexibility index (Phi) is 6.09. The van der Waals surface area contributed by atoms with Gasteiger partial charge in [0.25, 0.3) is 10.0 Å². The third kappa shape index (κ3) is 4.91. The Morgan fingerprint density at radius 2 is 1.43 bits per heavy atom. The molecule has 0 aromatic heterocycles. The van der Waals surface area contributed by atoms with Crippen LogP contribution in [0.25, 0.3) is 0 Å². The topological polar surface area (TPSA) is 86.8 Å². The van der Waals surface area contributed by atoms with Crippen LogP contribution in [-0.4, -0.2) is 55.0 Å². The maximum Gasteiger partial charge on any atom is 0.264 e. The third-order valence-electron chi connectivity index (χ3n) is 4.42. The van der Waals surface area contributed by atoms with Crippen LogP contribution in [0.1, 0.15) is 12.8 Å². The Morgan fingerprint density at radius 3 is 1.96 bits per heavy atom. The Hall–Kier alpha value is -1.94. The van der Waals surface area contributed by atoms with Crippen LogP contribution in [0.15, 0.2) is 64.4 Å². The molecule has 0 radical (unpaired) electrons. The van der Waals surface area contributed by atoms with Crippen LogP contribution < -0.4 is 9.03 Å². The Balaban J connectivity index is 1.90. The van der Waals surface area contributed by atoms with E-state index in [1.807, 2.05) is 25.1 Å². The average Bonchev–Trinajstić information content (AvgIpc) is 3.46. The van der Waals surface area contributed by atoms with Gasteiger partial charge in [0, 0.05) is 19.1 Å². The highest BCUT2D eigenvalue weighted by Crippen LogP contribution is 2.26. The predicted octanol–water partition coefficient (Wildman–Crippen LogP) is 1.88. The van der Waals surface area contributed by atoms with E-state index < -0.39 is 20.0 Å². The molecule has 0 saturated heterocycles. The zero-order valence-corrected chi connectivity index (χ0v) is 17.6. The molecular weight excluding hydrogens is 398 g/mol. The normalized spacial score (nSPS) is 15.0. The van der Waals surface area contributed by atoms with Crippen LogP contribution in [0, 0.1) is 0 Å². The highest BCUT2D eigenvalue weighted by molar-refractivity contribution is 7.92. The van der Waals surface area contributed by atoms with E-state index in [1.165, 1.54) is 28.6 Å². The van der Waals surface area contributed by atoms with E-state index in [4.69, 9.17) is 0 Å². The van der Waals surface area contributed by atoms with Gasteiger partial charge in [0.1, 0.15) is 0 Å². The van der Waals surface area contributed by atoms with Crippen molar-refractivity contribution in [2.45, 2.75) is 28.7 Å². The summed E-state index contributed by atoms with van der Waals surface area (Å²) < 4.78 is 55.0. The first-order chi connectivity index (χ1) is 13.2. The van der Waals surface area contributed by atoms with Crippen molar-refractivity contribution in [3.8, 4) is 0 Å². The molecule has 152 valence electrons. The Bertz CT molecular complexity index is 1000. The van der Waals surface area contributed by atoms with Gasteiger partial charge in [0.05, 0.1) is 15.5 Å². The van der Waals surface area contributed by atoms with E-state index in [2.05, 4.69) is 4.72 Å². The maximum absolute atomic E-state index is 13.2. The van der Waals surface area contributed by atoms with E-state index in [0.717, 1.165) is 12.8 Å². The zero-order valence-electron chi connectivity index (χ0n) is 15.9. The molecule has 0 heterocycles. The van der Waals surface area contributed by atoms with Gasteiger partial charge in [-0.1, -0.05) is 18.2 Å². The molecule has 9 heteroatoms. The van der Waals surface area contributed by atoms with Gasteiger partial charge in [0.15, 0.2) is 0 Å². The van der Waals surface area contributed by atoms with Crippen LogP contribution >= 0.6 is 0 Å². The molecule has 2 aromatic rings. The van der Waals surface area contributed by atoms with E-state index in [1.54, 1.807) is 24.3 Å². The second kappa shape index (κ2) is 8.20. The molecule has 28 heavy (non-hydrogen) atoms. The van der Waals surface area contributed by atoms with Crippen molar-refractivity contribution in [1.29, 1.82) is 0 Å². The van der Waals surface area contributed by atoms with Gasteiger partial charge >= 0.3 is 0 Å². The van der Waals surface area contributed by atoms with Crippen molar-refractivity contribution in [3.05, 3.63) is 54.6 Å². The minimum absolute atomic E-state index is 0.00647. The number of nitrogens with zero attached hydrogens (tertiary/aromatic N) is 2. The first-order valence-corrected chi connectivity index (χ1v) is 12.0. The predicted molar refractivity (Wildman–Crippen MR) is 109 cm³/mol. The molecule has 0 amide bonds. The summed E-state index contributed by atoms with van der Waals surface area (Å²) in [5, 5.41) is 0. The lowest BCUT2D eigenvalue weighted by Crippen LogP contribution is -2.36. The standard InChI is InChI=1S/C19H25N3O4S2/c1-21(2)14-15-22(17-6-4-3-5-7-17)28(25,26)19-12-10-18(11-13-19)27(23,24)20-16-8-9-16/h3-7,10-13,16,20H,8-9,14-15H2,1-2H3. The van der Waals surface area contributed by atoms with Gasteiger partial charge in [-0.3, -0.25) is 4.31 Å². The summed E-state index contributed by atoms with van der Waals surface area (Å²) in [6.45, 7) is 0.828. The van der Waals surface area contributed by atoms with Crippen LogP contribution in [0.3, 0.4) is 0 Å². The van der Waals surface area contributed by atoms with Gasteiger partial charge in [-0.05, 0) is 63.3 Å². The number of sulfonamides is 2. The molecule has 1 fully saturated rings. The number of para-hydroxylation sites is 1. The van der Waals surface area contributed by atoms with E-state index in [0.29, 0.717) is 12.2 Å². The average molecular weight is 424 g/mol. The lowest BCUT2D eigenvalue weighted by molar-refractivity contribution is 0.419. The monoisotopic (exact) mass is 423 g/mol. The summed E-state index contributed by atoms with van der Waals surface area (Å²) >= 11 is 0. The van der Waals surface area contributed by atoms with Crippen molar-refractivity contribution in [2.75, 3.05) is 31.5 Å². The zero-order chi connectivity index (χ0) is 20.4. The Morgan fingerprint density at radius 1 is 0.857 bits per heavy atom. The van der Waals surface area contributed by atoms with Crippen molar-refractivity contribution < 1.29 is 16.8 Å². The van der Waals surface area contributed by atoms with E-state index in [-0.39, 0.29) is 22.4 Å². The fourth-order valence-corrected chi connectivity index (χ4v) is 5.44. The first kappa shape index (κ1) is 20.8. The third-order valence-corrected chi connectivity index (χ3v) is 7.79. The molecule has 0 unspecified atom stereocenters. The molecule has 1 aliphatic rings. The molecule has 0 bridgehead atoms. The van der Waals surface area contributed by atoms with Gasteiger partial charge in [-0.25, -0.2) is 21.6 Å². The molecule has 1 N–H and O–H groups in total. The smallest absolute Gasteiger partial charge is 0.264 e. The molecule has 0 aliphatic heterocycles. The number of anilines is 1. The summed E-state index contributed by atoms with van der Waals surface area (Å²) in [5.41, 5.74) is 0.566. The molecule has 0 spiro atoms. The fraction of sp³-hybridized carbons (Fsp3) is 0.368. The minimum Gasteiger partial charge on any atom is -0.308 e. The van der Waals surface area contributed by atoms with Crippen molar-refractivity contribution in [2.24, 2.45) is 0 Å². The summed E-state index contributed by atoms with van der Waals surface area (Å²) in [7, 11) is -3.69. The largest absolute Gasteiger partial charge is 0.308 e. The second-order valence-electron chi connectivity index (χ2n) is 7.08. The molecule has 2 aromatic carbocycles. The maximum atomic E-state index is 13.2. The van der Waals surface area contributed by atoms with Gasteiger partial charge in [-0.15, -0.1) is 0 Å². The molecule has 3 rings (SSSR count). The number of hydrogen-bond donors (Lipinski definition) is 1. The van der Waals surface area contributed by atoms with Crippen molar-refractivity contribution >= 4 is 25.7 Å². The first-order valence-electron chi connectivity index (χ1n) is 9.05. The van der Waals surface area contributed by atoms with Crippen LogP contribution in [0.4, 0.5) is 5.69 Å². The molecule has 7 nitrogen and oxygen atoms in total. The summed E-state index contributed by atoms with van der Waals surface area (Å²) in [6, 6.07) is 14.3. The molecule has 0 atom stereocenters. The van der Waals surface area contributed by atoms with Crippen LogP contribution in [0.5, 0.6) is 0 Å². The fourth-order valence-electron chi connectivity index (χ4n) is 2.68. The molecule has 1 saturated carbocycles. The molecule has 1 aliphatic carbocycles. The second-order valence-corrected chi connectivity index (χ2v) is 10.7. The van der Waals surface area contributed by atoms with E-state index >= 15 is 0 Å². The Labute approximate surface area is 167 Å². The van der Waals surface area contributed by atoms with Crippen LogP contribution in [0.2, 0.25) is 0 Å². The number of nitrogens with one attached hydrogen (secondary N) is 1. The van der Waals surface area contributed by atoms with Crippen LogP contribution in [-0.2, 0) is 20.0 Å². The summed E-state index contributed by atoms with van der Waals surface area (Å²) in [4.78, 5) is 2.03. The van der Waals surface area contributed by atoms with Gasteiger partial charge in [-0.2, -0.15) is 0 Å². The van der Waals surface area contributed by atoms with Gasteiger partial charge in [0.2, 0.25) is 10.0 Å². The van der Waals surface area contributed by atoms with Crippen molar-refractivity contribution in [3.63, 3.8) is 0 Å². The number of benzene rings is 2. The minimum atomic E-state index is -3.83. The lowest BCUT2D eigenvalue weighted by Gasteiger charge is -2.26. The summed E-state index contributed by atoms with van der Waals surface area (Å²) in [5.74, 6) is 0. The molecular formula is C19H25N3O4S2. The SMILES string of the molecule is CN(C)CCN(c1ccccc1)S(=O)(=O)c1ccc(S(=O)(=O)NC2CC2)cc1. The highest BCUT2D eigenvalue weighted by Gasteiger charge is 2.29. The summed E-state index contributed by atoms with van der Waals surface area (Å²) in [6.07, 6.45) is 1.67. The lowest BCUT2D eigenvalue weighted by atomic mass is 10.3. The van der Waals surface area contributed by atoms with Gasteiger partial charge < -0.3 is 4.90 Å². The number of rotatable bonds is 9. The highest BCUT2D eigenvalue weighted by atomic mass is 32.2. The number of hydrogen-bond acceptors (Lipinski definition) is 5.